The Hall–Kier alpha value is -5.84. The summed E-state index contributed by atoms with van der Waals surface area (Å²) in [7, 11) is 0. The molecular formula is C39H29FN4O3S2. The summed E-state index contributed by atoms with van der Waals surface area (Å²) in [6.45, 7) is 0. The lowest BCUT2D eigenvalue weighted by Gasteiger charge is -2.17. The monoisotopic (exact) mass is 684 g/mol. The van der Waals surface area contributed by atoms with E-state index in [0.717, 1.165) is 21.6 Å². The summed E-state index contributed by atoms with van der Waals surface area (Å²) in [5.41, 5.74) is 3.88. The Kier molecular flexibility index (Phi) is 10.7. The molecule has 1 heterocycles. The van der Waals surface area contributed by atoms with Crippen LogP contribution in [0.25, 0.3) is 17.3 Å². The van der Waals surface area contributed by atoms with E-state index in [2.05, 4.69) is 20.9 Å². The zero-order valence-corrected chi connectivity index (χ0v) is 27.5. The van der Waals surface area contributed by atoms with Crippen LogP contribution < -0.4 is 16.0 Å². The molecule has 0 radical (unpaired) electrons. The molecule has 3 N–H and O–H groups in total. The maximum atomic E-state index is 13.7. The highest BCUT2D eigenvalue weighted by atomic mass is 32.2. The van der Waals surface area contributed by atoms with E-state index in [4.69, 9.17) is 0 Å². The topological polar surface area (TPSA) is 100 Å². The van der Waals surface area contributed by atoms with Gasteiger partial charge < -0.3 is 16.0 Å². The number of amides is 3. The first-order chi connectivity index (χ1) is 23.9. The van der Waals surface area contributed by atoms with Gasteiger partial charge in [-0.3, -0.25) is 14.4 Å². The van der Waals surface area contributed by atoms with Gasteiger partial charge in [0.15, 0.2) is 5.13 Å². The molecule has 10 heteroatoms. The highest BCUT2D eigenvalue weighted by Crippen LogP contribution is 2.38. The van der Waals surface area contributed by atoms with Crippen molar-refractivity contribution in [2.75, 3.05) is 10.6 Å². The van der Waals surface area contributed by atoms with Crippen LogP contribution in [0.4, 0.5) is 15.2 Å². The van der Waals surface area contributed by atoms with Crippen molar-refractivity contribution in [3.05, 3.63) is 173 Å². The Balaban J connectivity index is 1.20. The fourth-order valence-electron chi connectivity index (χ4n) is 4.80. The summed E-state index contributed by atoms with van der Waals surface area (Å²) in [4.78, 5) is 45.6. The van der Waals surface area contributed by atoms with Gasteiger partial charge in [0.05, 0.1) is 5.69 Å². The quantitative estimate of drug-likeness (QED) is 0.0936. The van der Waals surface area contributed by atoms with Crippen LogP contribution in [-0.4, -0.2) is 22.7 Å². The minimum Gasteiger partial charge on any atom is -0.321 e. The van der Waals surface area contributed by atoms with Gasteiger partial charge in [-0.05, 0) is 71.8 Å². The molecule has 242 valence electrons. The zero-order valence-electron chi connectivity index (χ0n) is 25.9. The number of thiazole rings is 1. The number of rotatable bonds is 11. The van der Waals surface area contributed by atoms with E-state index in [1.807, 2.05) is 78.2 Å². The molecule has 6 rings (SSSR count). The molecule has 0 saturated carbocycles. The second kappa shape index (κ2) is 15.8. The number of halogens is 1. The van der Waals surface area contributed by atoms with Gasteiger partial charge in [-0.1, -0.05) is 84.9 Å². The van der Waals surface area contributed by atoms with Crippen LogP contribution in [0.2, 0.25) is 0 Å². The summed E-state index contributed by atoms with van der Waals surface area (Å²) >= 11 is 2.60. The number of nitrogens with one attached hydrogen (secondary N) is 3. The van der Waals surface area contributed by atoms with Crippen molar-refractivity contribution in [2.45, 2.75) is 10.1 Å². The molecule has 0 aliphatic heterocycles. The number of carbonyl (C=O) groups excluding carboxylic acids is 3. The summed E-state index contributed by atoms with van der Waals surface area (Å²) in [6.07, 6.45) is 1.62. The SMILES string of the molecule is O=C(Nc1cccc(SC(C(=O)Nc2nc(-c3ccc(F)cc3)cs2)c2ccccc2)c1)/C(=C/c1ccccc1)NC(=O)c1ccccc1. The highest BCUT2D eigenvalue weighted by molar-refractivity contribution is 8.00. The van der Waals surface area contributed by atoms with Crippen LogP contribution in [-0.2, 0) is 9.59 Å². The molecule has 6 aromatic rings. The van der Waals surface area contributed by atoms with Gasteiger partial charge in [-0.2, -0.15) is 0 Å². The van der Waals surface area contributed by atoms with Crippen molar-refractivity contribution in [2.24, 2.45) is 0 Å². The molecule has 1 unspecified atom stereocenters. The molecule has 0 saturated heterocycles. The molecule has 5 aromatic carbocycles. The summed E-state index contributed by atoms with van der Waals surface area (Å²) < 4.78 is 13.4. The van der Waals surface area contributed by atoms with Gasteiger partial charge in [-0.25, -0.2) is 9.37 Å². The van der Waals surface area contributed by atoms with Gasteiger partial charge in [0.1, 0.15) is 16.8 Å². The van der Waals surface area contributed by atoms with Crippen LogP contribution in [0.3, 0.4) is 0 Å². The van der Waals surface area contributed by atoms with Crippen LogP contribution in [0.1, 0.15) is 26.7 Å². The van der Waals surface area contributed by atoms with E-state index in [1.54, 1.807) is 60.7 Å². The van der Waals surface area contributed by atoms with E-state index in [1.165, 1.54) is 35.2 Å². The van der Waals surface area contributed by atoms with Crippen molar-refractivity contribution in [1.82, 2.24) is 10.3 Å². The van der Waals surface area contributed by atoms with Crippen LogP contribution in [0, 0.1) is 5.82 Å². The molecule has 0 aliphatic carbocycles. The number of thioether (sulfide) groups is 1. The maximum Gasteiger partial charge on any atom is 0.272 e. The maximum absolute atomic E-state index is 13.7. The standard InChI is InChI=1S/C39H29FN4O3S2/c40-30-21-19-27(20-22-30)34-25-48-39(43-34)44-38(47)35(28-13-6-2-7-14-28)49-32-18-10-17-31(24-32)41-37(46)33(23-26-11-4-1-5-12-26)42-36(45)29-15-8-3-9-16-29/h1-25,35H,(H,41,46)(H,42,45)(H,43,44,47)/b33-23-. The molecule has 1 atom stereocenters. The molecule has 0 spiro atoms. The lowest BCUT2D eigenvalue weighted by atomic mass is 10.1. The summed E-state index contributed by atoms with van der Waals surface area (Å²) in [6, 6.07) is 40.5. The Morgan fingerprint density at radius 1 is 0.755 bits per heavy atom. The molecule has 0 fully saturated rings. The van der Waals surface area contributed by atoms with E-state index in [0.29, 0.717) is 22.1 Å². The Morgan fingerprint density at radius 2 is 1.43 bits per heavy atom. The van der Waals surface area contributed by atoms with Gasteiger partial charge in [0.2, 0.25) is 5.91 Å². The summed E-state index contributed by atoms with van der Waals surface area (Å²) in [5.74, 6) is -1.53. The Bertz CT molecular complexity index is 2090. The average Bonchev–Trinajstić information content (AvgIpc) is 3.60. The van der Waals surface area contributed by atoms with Crippen molar-refractivity contribution in [3.8, 4) is 11.3 Å². The van der Waals surface area contributed by atoms with Gasteiger partial charge in [0, 0.05) is 27.1 Å². The number of benzene rings is 5. The molecule has 0 bridgehead atoms. The van der Waals surface area contributed by atoms with Crippen molar-refractivity contribution < 1.29 is 18.8 Å². The van der Waals surface area contributed by atoms with Crippen molar-refractivity contribution in [1.29, 1.82) is 0 Å². The number of nitrogens with zero attached hydrogens (tertiary/aromatic N) is 1. The van der Waals surface area contributed by atoms with E-state index in [9.17, 15) is 18.8 Å². The van der Waals surface area contributed by atoms with E-state index in [-0.39, 0.29) is 17.4 Å². The number of carbonyl (C=O) groups is 3. The zero-order chi connectivity index (χ0) is 34.0. The van der Waals surface area contributed by atoms with E-state index >= 15 is 0 Å². The molecular weight excluding hydrogens is 656 g/mol. The van der Waals surface area contributed by atoms with Crippen LogP contribution in [0.5, 0.6) is 0 Å². The fraction of sp³-hybridized carbons (Fsp3) is 0.0256. The van der Waals surface area contributed by atoms with Gasteiger partial charge >= 0.3 is 0 Å². The second-order valence-corrected chi connectivity index (χ2v) is 12.8. The third kappa shape index (κ3) is 8.95. The molecule has 0 aliphatic rings. The minimum absolute atomic E-state index is 0.0723. The largest absolute Gasteiger partial charge is 0.321 e. The highest BCUT2D eigenvalue weighted by Gasteiger charge is 2.24. The number of aromatic nitrogens is 1. The smallest absolute Gasteiger partial charge is 0.272 e. The lowest BCUT2D eigenvalue weighted by molar-refractivity contribution is -0.116. The summed E-state index contributed by atoms with van der Waals surface area (Å²) in [5, 5.41) is 10.2. The lowest BCUT2D eigenvalue weighted by Crippen LogP contribution is -2.30. The van der Waals surface area contributed by atoms with Gasteiger partial charge in [0.25, 0.3) is 11.8 Å². The van der Waals surface area contributed by atoms with Gasteiger partial charge in [-0.15, -0.1) is 23.1 Å². The number of anilines is 2. The first kappa shape index (κ1) is 33.1. The predicted octanol–water partition coefficient (Wildman–Crippen LogP) is 8.83. The first-order valence-electron chi connectivity index (χ1n) is 15.2. The second-order valence-electron chi connectivity index (χ2n) is 10.7. The normalized spacial score (nSPS) is 11.7. The average molecular weight is 685 g/mol. The van der Waals surface area contributed by atoms with Crippen LogP contribution >= 0.6 is 23.1 Å². The van der Waals surface area contributed by atoms with Crippen molar-refractivity contribution >= 4 is 57.7 Å². The number of hydrogen-bond donors (Lipinski definition) is 3. The van der Waals surface area contributed by atoms with E-state index < -0.39 is 17.1 Å². The Morgan fingerprint density at radius 3 is 2.14 bits per heavy atom. The van der Waals surface area contributed by atoms with Crippen LogP contribution in [0.15, 0.2) is 155 Å². The minimum atomic E-state index is -0.649. The first-order valence-corrected chi connectivity index (χ1v) is 17.0. The number of hydrogen-bond acceptors (Lipinski definition) is 6. The fourth-order valence-corrected chi connectivity index (χ4v) is 6.60. The van der Waals surface area contributed by atoms with Crippen molar-refractivity contribution in [3.63, 3.8) is 0 Å². The molecule has 49 heavy (non-hydrogen) atoms. The third-order valence-electron chi connectivity index (χ3n) is 7.20. The molecule has 1 aromatic heterocycles. The predicted molar refractivity (Wildman–Crippen MR) is 195 cm³/mol. The molecule has 7 nitrogen and oxygen atoms in total. The molecule has 3 amide bonds. The Labute approximate surface area is 290 Å². The third-order valence-corrected chi connectivity index (χ3v) is 9.21.